The Hall–Kier alpha value is -1.67. The number of carbonyl (C=O) groups excluding carboxylic acids is 1. The van der Waals surface area contributed by atoms with Crippen LogP contribution >= 0.6 is 0 Å². The third-order valence-electron chi connectivity index (χ3n) is 3.89. The van der Waals surface area contributed by atoms with Crippen LogP contribution in [0.3, 0.4) is 0 Å². The van der Waals surface area contributed by atoms with Crippen molar-refractivity contribution in [1.82, 2.24) is 15.2 Å². The Morgan fingerprint density at radius 1 is 1.43 bits per heavy atom. The molecule has 1 unspecified atom stereocenters. The molecule has 2 heterocycles. The third-order valence-corrected chi connectivity index (χ3v) is 3.89. The van der Waals surface area contributed by atoms with Crippen molar-refractivity contribution in [3.63, 3.8) is 0 Å². The van der Waals surface area contributed by atoms with Gasteiger partial charge in [-0.2, -0.15) is 13.2 Å². The number of alkyl halides is 3. The molecule has 5 nitrogen and oxygen atoms in total. The minimum Gasteiger partial charge on any atom is -0.396 e. The quantitative estimate of drug-likeness (QED) is 0.859. The summed E-state index contributed by atoms with van der Waals surface area (Å²) < 4.78 is 37.2. The van der Waals surface area contributed by atoms with Gasteiger partial charge in [0.05, 0.1) is 5.56 Å². The van der Waals surface area contributed by atoms with Crippen molar-refractivity contribution in [2.45, 2.75) is 19.0 Å². The lowest BCUT2D eigenvalue weighted by Crippen LogP contribution is -2.41. The van der Waals surface area contributed by atoms with E-state index in [-0.39, 0.29) is 18.1 Å². The summed E-state index contributed by atoms with van der Waals surface area (Å²) in [5, 5.41) is 11.8. The molecule has 1 saturated heterocycles. The van der Waals surface area contributed by atoms with Crippen LogP contribution in [0.5, 0.6) is 0 Å². The third kappa shape index (κ3) is 5.18. The number of rotatable bonds is 5. The van der Waals surface area contributed by atoms with E-state index in [1.165, 1.54) is 0 Å². The molecule has 1 amide bonds. The van der Waals surface area contributed by atoms with Gasteiger partial charge in [-0.25, -0.2) is 0 Å². The van der Waals surface area contributed by atoms with Crippen molar-refractivity contribution in [2.24, 2.45) is 5.92 Å². The molecular formula is C15H20F3N3O2. The topological polar surface area (TPSA) is 65.5 Å². The first-order valence-corrected chi connectivity index (χ1v) is 7.55. The zero-order valence-corrected chi connectivity index (χ0v) is 12.6. The fraction of sp³-hybridized carbons (Fsp3) is 0.600. The van der Waals surface area contributed by atoms with Gasteiger partial charge in [-0.1, -0.05) is 0 Å². The maximum atomic E-state index is 12.4. The minimum absolute atomic E-state index is 0.102. The number of nitrogens with zero attached hydrogens (tertiary/aromatic N) is 2. The van der Waals surface area contributed by atoms with Crippen LogP contribution in [0, 0.1) is 5.92 Å². The summed E-state index contributed by atoms with van der Waals surface area (Å²) in [4.78, 5) is 17.3. The summed E-state index contributed by atoms with van der Waals surface area (Å²) in [6.07, 6.45) is -1.55. The normalized spacial score (nSPS) is 19.6. The summed E-state index contributed by atoms with van der Waals surface area (Å²) in [7, 11) is 0. The number of halogens is 3. The predicted molar refractivity (Wildman–Crippen MR) is 77.8 cm³/mol. The van der Waals surface area contributed by atoms with E-state index in [1.807, 2.05) is 0 Å². The minimum atomic E-state index is -4.51. The van der Waals surface area contributed by atoms with Crippen LogP contribution in [-0.2, 0) is 6.18 Å². The van der Waals surface area contributed by atoms with Crippen LogP contribution in [0.15, 0.2) is 18.3 Å². The number of hydrogen-bond donors (Lipinski definition) is 2. The highest BCUT2D eigenvalue weighted by Gasteiger charge is 2.32. The lowest BCUT2D eigenvalue weighted by Gasteiger charge is -2.31. The molecule has 1 aliphatic heterocycles. The van der Waals surface area contributed by atoms with Crippen LogP contribution in [0.1, 0.15) is 28.9 Å². The van der Waals surface area contributed by atoms with E-state index in [0.717, 1.165) is 44.3 Å². The molecule has 23 heavy (non-hydrogen) atoms. The smallest absolute Gasteiger partial charge is 0.396 e. The number of aliphatic hydroxyl groups is 1. The molecule has 0 bridgehead atoms. The molecule has 0 radical (unpaired) electrons. The van der Waals surface area contributed by atoms with Crippen molar-refractivity contribution in [3.8, 4) is 0 Å². The molecule has 0 saturated carbocycles. The average molecular weight is 331 g/mol. The molecule has 0 aromatic carbocycles. The van der Waals surface area contributed by atoms with E-state index < -0.39 is 17.8 Å². The molecule has 1 atom stereocenters. The Morgan fingerprint density at radius 3 is 2.83 bits per heavy atom. The van der Waals surface area contributed by atoms with E-state index in [1.54, 1.807) is 0 Å². The molecule has 8 heteroatoms. The molecule has 2 rings (SSSR count). The number of likely N-dealkylation sites (tertiary alicyclic amines) is 1. The highest BCUT2D eigenvalue weighted by atomic mass is 19.4. The number of nitrogens with one attached hydrogen (secondary N) is 1. The van der Waals surface area contributed by atoms with Crippen LogP contribution in [0.25, 0.3) is 0 Å². The Labute approximate surface area is 132 Å². The Bertz CT molecular complexity index is 520. The number of hydrogen-bond acceptors (Lipinski definition) is 4. The van der Waals surface area contributed by atoms with E-state index in [4.69, 9.17) is 5.11 Å². The molecule has 2 N–H and O–H groups in total. The van der Waals surface area contributed by atoms with Crippen LogP contribution in [0.2, 0.25) is 0 Å². The zero-order valence-electron chi connectivity index (χ0n) is 12.6. The molecular weight excluding hydrogens is 311 g/mol. The lowest BCUT2D eigenvalue weighted by atomic mass is 9.99. The van der Waals surface area contributed by atoms with Crippen LogP contribution in [0.4, 0.5) is 13.2 Å². The van der Waals surface area contributed by atoms with Gasteiger partial charge in [-0.05, 0) is 37.4 Å². The summed E-state index contributed by atoms with van der Waals surface area (Å²) in [5.41, 5.74) is -0.915. The number of amides is 1. The number of carbonyl (C=O) groups is 1. The first kappa shape index (κ1) is 17.7. The van der Waals surface area contributed by atoms with Gasteiger partial charge >= 0.3 is 6.18 Å². The molecule has 1 aromatic heterocycles. The van der Waals surface area contributed by atoms with Gasteiger partial charge in [0, 0.05) is 32.4 Å². The number of aromatic nitrogens is 1. The highest BCUT2D eigenvalue weighted by molar-refractivity contribution is 5.93. The van der Waals surface area contributed by atoms with Crippen molar-refractivity contribution < 1.29 is 23.1 Å². The Balaban J connectivity index is 1.78. The largest absolute Gasteiger partial charge is 0.433 e. The lowest BCUT2D eigenvalue weighted by molar-refractivity contribution is -0.141. The fourth-order valence-electron chi connectivity index (χ4n) is 2.63. The highest BCUT2D eigenvalue weighted by Crippen LogP contribution is 2.27. The van der Waals surface area contributed by atoms with E-state index in [2.05, 4.69) is 15.2 Å². The van der Waals surface area contributed by atoms with Gasteiger partial charge in [-0.15, -0.1) is 0 Å². The molecule has 128 valence electrons. The van der Waals surface area contributed by atoms with Gasteiger partial charge < -0.3 is 15.3 Å². The van der Waals surface area contributed by atoms with E-state index in [9.17, 15) is 18.0 Å². The van der Waals surface area contributed by atoms with Gasteiger partial charge in [0.25, 0.3) is 5.91 Å². The SMILES string of the molecule is O=C(NCCN1CCCC(CO)C1)c1ccc(C(F)(F)F)nc1. The van der Waals surface area contributed by atoms with Gasteiger partial charge in [0.2, 0.25) is 0 Å². The second-order valence-electron chi connectivity index (χ2n) is 5.68. The zero-order chi connectivity index (χ0) is 16.9. The fourth-order valence-corrected chi connectivity index (χ4v) is 2.63. The molecule has 1 aliphatic rings. The van der Waals surface area contributed by atoms with Crippen molar-refractivity contribution >= 4 is 5.91 Å². The van der Waals surface area contributed by atoms with Crippen molar-refractivity contribution in [3.05, 3.63) is 29.6 Å². The number of pyridine rings is 1. The molecule has 0 spiro atoms. The van der Waals surface area contributed by atoms with Gasteiger partial charge in [-0.3, -0.25) is 9.78 Å². The maximum absolute atomic E-state index is 12.4. The molecule has 0 aliphatic carbocycles. The second-order valence-corrected chi connectivity index (χ2v) is 5.68. The Kier molecular flexibility index (Phi) is 5.95. The summed E-state index contributed by atoms with van der Waals surface area (Å²) in [6.45, 7) is 2.94. The van der Waals surface area contributed by atoms with E-state index in [0.29, 0.717) is 13.1 Å². The number of aliphatic hydroxyl groups excluding tert-OH is 1. The second kappa shape index (κ2) is 7.74. The predicted octanol–water partition coefficient (Wildman–Crippen LogP) is 1.53. The van der Waals surface area contributed by atoms with Crippen LogP contribution < -0.4 is 5.32 Å². The first-order chi connectivity index (χ1) is 10.9. The van der Waals surface area contributed by atoms with Crippen molar-refractivity contribution in [1.29, 1.82) is 0 Å². The Morgan fingerprint density at radius 2 is 2.22 bits per heavy atom. The van der Waals surface area contributed by atoms with Gasteiger partial charge in [0.15, 0.2) is 0 Å². The monoisotopic (exact) mass is 331 g/mol. The average Bonchev–Trinajstić information content (AvgIpc) is 2.54. The number of piperidine rings is 1. The van der Waals surface area contributed by atoms with Crippen LogP contribution in [-0.4, -0.2) is 53.7 Å². The van der Waals surface area contributed by atoms with Crippen molar-refractivity contribution in [2.75, 3.05) is 32.8 Å². The summed E-state index contributed by atoms with van der Waals surface area (Å²) in [6, 6.07) is 1.92. The molecule has 1 aromatic rings. The molecule has 1 fully saturated rings. The first-order valence-electron chi connectivity index (χ1n) is 7.55. The standard InChI is InChI=1S/C15H20F3N3O2/c16-15(17,18)13-4-3-12(8-20-13)14(23)19-5-7-21-6-1-2-11(9-21)10-22/h3-4,8,11,22H,1-2,5-7,9-10H2,(H,19,23). The van der Waals surface area contributed by atoms with E-state index >= 15 is 0 Å². The summed E-state index contributed by atoms with van der Waals surface area (Å²) in [5.74, 6) is -0.166. The maximum Gasteiger partial charge on any atom is 0.433 e. The summed E-state index contributed by atoms with van der Waals surface area (Å²) >= 11 is 0. The van der Waals surface area contributed by atoms with Gasteiger partial charge in [0.1, 0.15) is 5.69 Å².